The minimum Gasteiger partial charge on any atom is -0.480 e. The van der Waals surface area contributed by atoms with E-state index in [9.17, 15) is 34.2 Å². The molecule has 56 heavy (non-hydrogen) atoms. The number of carboxylic acids is 2. The van der Waals surface area contributed by atoms with Crippen LogP contribution in [0.3, 0.4) is 0 Å². The first-order valence-electron chi connectivity index (χ1n) is 19.1. The molecule has 0 radical (unpaired) electrons. The van der Waals surface area contributed by atoms with Gasteiger partial charge in [0, 0.05) is 95.1 Å². The van der Waals surface area contributed by atoms with Crippen LogP contribution >= 0.6 is 11.8 Å². The number of likely N-dealkylation sites (N-methyl/N-ethyl adjacent to an activating group) is 1. The van der Waals surface area contributed by atoms with E-state index >= 15 is 0 Å². The van der Waals surface area contributed by atoms with Crippen LogP contribution in [0.1, 0.15) is 31.2 Å². The monoisotopic (exact) mass is 810 g/mol. The van der Waals surface area contributed by atoms with Crippen LogP contribution in [-0.2, 0) is 35.4 Å². The zero-order valence-corrected chi connectivity index (χ0v) is 32.9. The smallest absolute Gasteiger partial charge is 0.317 e. The molecule has 7 N–H and O–H groups in total. The molecule has 4 rings (SSSR count). The minimum absolute atomic E-state index is 0.0620. The molecule has 4 amide bonds. The molecule has 3 fully saturated rings. The summed E-state index contributed by atoms with van der Waals surface area (Å²) in [6.45, 7) is 3.35. The number of fused-ring (bicyclic) bond motifs is 1. The predicted octanol–water partition coefficient (Wildman–Crippen LogP) is 0.0904. The van der Waals surface area contributed by atoms with Gasteiger partial charge in [0.25, 0.3) is 0 Å². The summed E-state index contributed by atoms with van der Waals surface area (Å²) in [6, 6.07) is 6.94. The highest BCUT2D eigenvalue weighted by Gasteiger charge is 2.42. The van der Waals surface area contributed by atoms with Crippen LogP contribution in [0.25, 0.3) is 0 Å². The second kappa shape index (κ2) is 23.6. The summed E-state index contributed by atoms with van der Waals surface area (Å²) in [5.41, 5.74) is 1.38. The molecule has 0 spiro atoms. The average molecular weight is 811 g/mol. The predicted molar refractivity (Wildman–Crippen MR) is 207 cm³/mol. The largest absolute Gasteiger partial charge is 0.480 e. The molecule has 1 aromatic carbocycles. The van der Waals surface area contributed by atoms with Crippen molar-refractivity contribution < 1.29 is 54.5 Å². The van der Waals surface area contributed by atoms with Crippen molar-refractivity contribution in [2.24, 2.45) is 0 Å². The normalized spacial score (nSPS) is 23.0. The number of rotatable bonds is 20. The summed E-state index contributed by atoms with van der Waals surface area (Å²) >= 11 is 1.84. The van der Waals surface area contributed by atoms with Crippen LogP contribution in [0.4, 0.5) is 10.5 Å². The van der Waals surface area contributed by atoms with Crippen molar-refractivity contribution in [3.05, 3.63) is 29.8 Å². The molecule has 0 aromatic heterocycles. The molecule has 3 saturated heterocycles. The fraction of sp³-hybridized carbons (Fsp3) is 0.694. The van der Waals surface area contributed by atoms with E-state index in [1.165, 1.54) is 4.90 Å². The summed E-state index contributed by atoms with van der Waals surface area (Å²) in [5.74, 6) is -1.62. The number of benzene rings is 1. The Morgan fingerprint density at radius 3 is 2.12 bits per heavy atom. The molecular weight excluding hydrogens is 753 g/mol. The van der Waals surface area contributed by atoms with Crippen LogP contribution < -0.4 is 16.0 Å². The number of aliphatic carboxylic acids is 2. The van der Waals surface area contributed by atoms with Crippen LogP contribution in [0, 0.1) is 0 Å². The van der Waals surface area contributed by atoms with Gasteiger partial charge in [-0.1, -0.05) is 18.6 Å². The quantitative estimate of drug-likeness (QED) is 0.0400. The van der Waals surface area contributed by atoms with Gasteiger partial charge in [0.15, 0.2) is 0 Å². The van der Waals surface area contributed by atoms with Crippen LogP contribution in [0.5, 0.6) is 0 Å². The van der Waals surface area contributed by atoms with Crippen molar-refractivity contribution >= 4 is 47.2 Å². The van der Waals surface area contributed by atoms with Crippen molar-refractivity contribution in [1.29, 1.82) is 0 Å². The molecule has 4 unspecified atom stereocenters. The number of amides is 4. The number of carbonyl (C=O) groups is 5. The van der Waals surface area contributed by atoms with Gasteiger partial charge in [0.2, 0.25) is 11.8 Å². The molecule has 3 aliphatic rings. The Morgan fingerprint density at radius 2 is 1.50 bits per heavy atom. The first kappa shape index (κ1) is 45.1. The lowest BCUT2D eigenvalue weighted by atomic mass is 10.0. The zero-order chi connectivity index (χ0) is 40.5. The third-order valence-corrected chi connectivity index (χ3v) is 11.9. The lowest BCUT2D eigenvalue weighted by molar-refractivity contribution is -0.245. The Kier molecular flexibility index (Phi) is 19.0. The Labute approximate surface area is 331 Å². The standard InChI is InChI=1S/C36H58N8O11S/c1-40(32(46)5-3-2-4-30-35-29(25-56-30)38-36(51)39-35)22-31(45)37-27-8-6-26(7-9-27)20-28-21-43(23-33(47)48)13-12-41(16-18-54-52)10-11-42(17-19-55-53)14-15-44(28)24-34(49)50/h6-9,28-30,35,52-53H,2-5,10-25H2,1H3,(H,37,45)(H,47,48)(H,49,50)(H2,38,39,51). The molecule has 3 aliphatic heterocycles. The number of unbranched alkanes of at least 4 members (excludes halogenated alkanes) is 1. The molecule has 0 bridgehead atoms. The van der Waals surface area contributed by atoms with Gasteiger partial charge in [0.05, 0.1) is 44.9 Å². The van der Waals surface area contributed by atoms with E-state index in [1.807, 2.05) is 33.7 Å². The lowest BCUT2D eigenvalue weighted by Gasteiger charge is -2.38. The van der Waals surface area contributed by atoms with E-state index in [4.69, 9.17) is 10.5 Å². The molecule has 4 atom stereocenters. The van der Waals surface area contributed by atoms with Crippen molar-refractivity contribution in [3.63, 3.8) is 0 Å². The first-order valence-corrected chi connectivity index (χ1v) is 20.2. The second-order valence-corrected chi connectivity index (χ2v) is 15.8. The molecule has 3 heterocycles. The Balaban J connectivity index is 1.34. The number of anilines is 1. The number of nitrogens with one attached hydrogen (secondary N) is 3. The van der Waals surface area contributed by atoms with Crippen molar-refractivity contribution in [2.45, 2.75) is 55.5 Å². The number of hydrogen-bond donors (Lipinski definition) is 7. The van der Waals surface area contributed by atoms with Gasteiger partial charge < -0.3 is 31.1 Å². The van der Waals surface area contributed by atoms with E-state index in [2.05, 4.69) is 30.6 Å². The maximum Gasteiger partial charge on any atom is 0.317 e. The summed E-state index contributed by atoms with van der Waals surface area (Å²) in [4.78, 5) is 79.0. The fourth-order valence-corrected chi connectivity index (χ4v) is 8.94. The second-order valence-electron chi connectivity index (χ2n) is 14.6. The summed E-state index contributed by atoms with van der Waals surface area (Å²) < 4.78 is 0. The number of hydrogen-bond acceptors (Lipinski definition) is 14. The van der Waals surface area contributed by atoms with Gasteiger partial charge in [-0.25, -0.2) is 14.6 Å². The third-order valence-electron chi connectivity index (χ3n) is 10.4. The van der Waals surface area contributed by atoms with Crippen LogP contribution in [0.2, 0.25) is 0 Å². The number of nitrogens with zero attached hydrogens (tertiary/aromatic N) is 5. The molecule has 314 valence electrons. The topological polar surface area (TPSA) is 237 Å². The van der Waals surface area contributed by atoms with Gasteiger partial charge in [-0.3, -0.25) is 49.3 Å². The zero-order valence-electron chi connectivity index (χ0n) is 32.1. The van der Waals surface area contributed by atoms with Crippen LogP contribution in [-0.4, -0.2) is 203 Å². The summed E-state index contributed by atoms with van der Waals surface area (Å²) in [6.07, 6.45) is 3.16. The number of urea groups is 1. The first-order chi connectivity index (χ1) is 26.9. The number of carboxylic acid groups (broad SMARTS) is 2. The van der Waals surface area contributed by atoms with E-state index in [-0.39, 0.29) is 69.3 Å². The molecule has 20 heteroatoms. The fourth-order valence-electron chi connectivity index (χ4n) is 7.40. The minimum atomic E-state index is -1.02. The van der Waals surface area contributed by atoms with Crippen molar-refractivity contribution in [3.8, 4) is 0 Å². The summed E-state index contributed by atoms with van der Waals surface area (Å²) in [5, 5.41) is 46.7. The highest BCUT2D eigenvalue weighted by atomic mass is 32.2. The highest BCUT2D eigenvalue weighted by molar-refractivity contribution is 8.00. The average Bonchev–Trinajstić information content (AvgIpc) is 3.71. The number of thioether (sulfide) groups is 1. The molecular formula is C36H58N8O11S. The Morgan fingerprint density at radius 1 is 0.875 bits per heavy atom. The van der Waals surface area contributed by atoms with Gasteiger partial charge in [-0.05, 0) is 37.0 Å². The van der Waals surface area contributed by atoms with Gasteiger partial charge in [-0.2, -0.15) is 11.8 Å². The van der Waals surface area contributed by atoms with Gasteiger partial charge in [0.1, 0.15) is 0 Å². The van der Waals surface area contributed by atoms with Crippen molar-refractivity contribution in [2.75, 3.05) is 110 Å². The Bertz CT molecular complexity index is 1430. The molecule has 1 aromatic rings. The maximum absolute atomic E-state index is 12.9. The lowest BCUT2D eigenvalue weighted by Crippen LogP contribution is -2.53. The van der Waals surface area contributed by atoms with E-state index in [0.717, 1.165) is 24.2 Å². The Hall–Kier alpha value is -3.60. The molecule has 0 aliphatic carbocycles. The van der Waals surface area contributed by atoms with Crippen LogP contribution in [0.15, 0.2) is 24.3 Å². The van der Waals surface area contributed by atoms with Gasteiger partial charge in [-0.15, -0.1) is 0 Å². The maximum atomic E-state index is 12.9. The SMILES string of the molecule is CN(CC(=O)Nc1ccc(CC2CN(CC(=O)O)CCN(CCOO)CCN(CCOO)CCN2CC(=O)O)cc1)C(=O)CCCCC1SCC2NC(=O)NC21. The number of carbonyl (C=O) groups excluding carboxylic acids is 3. The third kappa shape index (κ3) is 15.4. The summed E-state index contributed by atoms with van der Waals surface area (Å²) in [7, 11) is 1.60. The molecule has 0 saturated carbocycles. The van der Waals surface area contributed by atoms with E-state index < -0.39 is 18.0 Å². The highest BCUT2D eigenvalue weighted by Crippen LogP contribution is 2.33. The van der Waals surface area contributed by atoms with Gasteiger partial charge >= 0.3 is 18.0 Å². The van der Waals surface area contributed by atoms with E-state index in [0.29, 0.717) is 82.6 Å². The van der Waals surface area contributed by atoms with Crippen molar-refractivity contribution in [1.82, 2.24) is 35.1 Å². The molecule has 19 nitrogen and oxygen atoms in total. The van der Waals surface area contributed by atoms with E-state index in [1.54, 1.807) is 24.1 Å².